The van der Waals surface area contributed by atoms with Crippen LogP contribution in [0, 0.1) is 0 Å². The molecule has 0 aromatic carbocycles. The van der Waals surface area contributed by atoms with E-state index in [-0.39, 0.29) is 18.2 Å². The minimum Gasteiger partial charge on any atom is -0.444 e. The van der Waals surface area contributed by atoms with Crippen LogP contribution in [0.5, 0.6) is 0 Å². The van der Waals surface area contributed by atoms with Crippen molar-refractivity contribution in [3.05, 3.63) is 29.0 Å². The van der Waals surface area contributed by atoms with Crippen LogP contribution >= 0.6 is 11.6 Å². The van der Waals surface area contributed by atoms with Crippen LogP contribution in [0.15, 0.2) is 18.3 Å². The molecule has 0 atom stereocenters. The first-order chi connectivity index (χ1) is 7.80. The van der Waals surface area contributed by atoms with Gasteiger partial charge >= 0.3 is 6.09 Å². The summed E-state index contributed by atoms with van der Waals surface area (Å²) >= 11 is 5.66. The van der Waals surface area contributed by atoms with Crippen molar-refractivity contribution in [2.24, 2.45) is 0 Å². The lowest BCUT2D eigenvalue weighted by molar-refractivity contribution is 0.0759. The zero-order valence-electron chi connectivity index (χ0n) is 10.5. The maximum Gasteiger partial charge on any atom is 0.410 e. The molecule has 0 spiro atoms. The Kier molecular flexibility index (Phi) is 4.34. The van der Waals surface area contributed by atoms with Crippen LogP contribution in [0.25, 0.3) is 0 Å². The molecule has 0 aliphatic rings. The largest absolute Gasteiger partial charge is 0.444 e. The highest BCUT2D eigenvalue weighted by Gasteiger charge is 2.23. The number of rotatable bonds is 2. The van der Waals surface area contributed by atoms with Gasteiger partial charge in [0.15, 0.2) is 0 Å². The molecule has 5 heteroatoms. The molecule has 4 nitrogen and oxygen atoms in total. The molecular weight excluding hydrogens is 240 g/mol. The molecule has 94 valence electrons. The van der Waals surface area contributed by atoms with E-state index in [4.69, 9.17) is 16.3 Å². The second-order valence-corrected chi connectivity index (χ2v) is 5.16. The summed E-state index contributed by atoms with van der Waals surface area (Å²) in [4.78, 5) is 17.2. The number of nitrogens with zero attached hydrogens (tertiary/aromatic N) is 2. The lowest BCUT2D eigenvalue weighted by Crippen LogP contribution is -2.42. The highest BCUT2D eigenvalue weighted by atomic mass is 35.5. The number of halogens is 1. The number of amides is 1. The van der Waals surface area contributed by atoms with Gasteiger partial charge in [0.1, 0.15) is 11.8 Å². The molecule has 1 aromatic heterocycles. The normalized spacial score (nSPS) is 11.1. The number of ether oxygens (including phenoxy) is 1. The number of pyridine rings is 1. The van der Waals surface area contributed by atoms with Crippen LogP contribution in [0.2, 0.25) is 5.15 Å². The van der Waals surface area contributed by atoms with Gasteiger partial charge in [-0.2, -0.15) is 0 Å². The molecule has 1 heterocycles. The van der Waals surface area contributed by atoms with E-state index >= 15 is 0 Å². The minimum absolute atomic E-state index is 0.198. The third-order valence-electron chi connectivity index (χ3n) is 2.43. The van der Waals surface area contributed by atoms with Crippen molar-refractivity contribution in [3.63, 3.8) is 0 Å². The van der Waals surface area contributed by atoms with Crippen LogP contribution in [-0.2, 0) is 11.3 Å². The van der Waals surface area contributed by atoms with Crippen LogP contribution in [-0.4, -0.2) is 28.6 Å². The van der Waals surface area contributed by atoms with Crippen molar-refractivity contribution < 1.29 is 9.53 Å². The van der Waals surface area contributed by atoms with Gasteiger partial charge in [0.2, 0.25) is 0 Å². The highest BCUT2D eigenvalue weighted by Crippen LogP contribution is 2.13. The van der Waals surface area contributed by atoms with Gasteiger partial charge in [0.25, 0.3) is 0 Å². The smallest absolute Gasteiger partial charge is 0.410 e. The summed E-state index contributed by atoms with van der Waals surface area (Å²) in [5, 5.41) is 0.423. The van der Waals surface area contributed by atoms with Crippen molar-refractivity contribution in [3.8, 4) is 0 Å². The summed E-state index contributed by atoms with van der Waals surface area (Å²) in [6, 6.07) is 3.44. The van der Waals surface area contributed by atoms with Gasteiger partial charge in [-0.05, 0) is 26.8 Å². The van der Waals surface area contributed by atoms with Gasteiger partial charge in [0.05, 0.1) is 0 Å². The minimum atomic E-state index is -0.354. The van der Waals surface area contributed by atoms with Crippen molar-refractivity contribution in [2.45, 2.75) is 32.9 Å². The van der Waals surface area contributed by atoms with Crippen molar-refractivity contribution in [1.82, 2.24) is 9.88 Å². The first kappa shape index (κ1) is 13.8. The highest BCUT2D eigenvalue weighted by molar-refractivity contribution is 6.29. The van der Waals surface area contributed by atoms with E-state index in [9.17, 15) is 4.79 Å². The van der Waals surface area contributed by atoms with E-state index in [1.54, 1.807) is 30.3 Å². The SMILES string of the molecule is CN(C(=O)OCc1ccc(Cl)nc1)C(C)(C)C. The molecule has 0 N–H and O–H groups in total. The predicted molar refractivity (Wildman–Crippen MR) is 66.9 cm³/mol. The fraction of sp³-hybridized carbons (Fsp3) is 0.500. The molecule has 1 aromatic rings. The molecule has 0 saturated heterocycles. The van der Waals surface area contributed by atoms with Gasteiger partial charge in [-0.25, -0.2) is 9.78 Å². The number of aromatic nitrogens is 1. The quantitative estimate of drug-likeness (QED) is 0.764. The third-order valence-corrected chi connectivity index (χ3v) is 2.65. The number of hydrogen-bond donors (Lipinski definition) is 0. The second kappa shape index (κ2) is 5.36. The van der Waals surface area contributed by atoms with Gasteiger partial charge < -0.3 is 9.64 Å². The van der Waals surface area contributed by atoms with Crippen LogP contribution in [0.3, 0.4) is 0 Å². The van der Waals surface area contributed by atoms with Gasteiger partial charge in [-0.1, -0.05) is 17.7 Å². The van der Waals surface area contributed by atoms with E-state index in [1.165, 1.54) is 0 Å². The van der Waals surface area contributed by atoms with Crippen LogP contribution < -0.4 is 0 Å². The Labute approximate surface area is 107 Å². The summed E-state index contributed by atoms with van der Waals surface area (Å²) in [5.41, 5.74) is 0.556. The maximum absolute atomic E-state index is 11.7. The Bertz CT molecular complexity index is 384. The third kappa shape index (κ3) is 4.23. The molecule has 0 saturated carbocycles. The van der Waals surface area contributed by atoms with Gasteiger partial charge in [-0.3, -0.25) is 0 Å². The standard InChI is InChI=1S/C12H17ClN2O2/c1-12(2,3)15(4)11(16)17-8-9-5-6-10(13)14-7-9/h5-7H,8H2,1-4H3. The summed E-state index contributed by atoms with van der Waals surface area (Å²) in [6.07, 6.45) is 1.24. The molecule has 0 radical (unpaired) electrons. The zero-order valence-corrected chi connectivity index (χ0v) is 11.3. The topological polar surface area (TPSA) is 42.4 Å². The summed E-state index contributed by atoms with van der Waals surface area (Å²) < 4.78 is 5.16. The van der Waals surface area contributed by atoms with E-state index in [1.807, 2.05) is 20.8 Å². The number of carbonyl (C=O) groups is 1. The molecule has 0 unspecified atom stereocenters. The molecular formula is C12H17ClN2O2. The molecule has 1 rings (SSSR count). The van der Waals surface area contributed by atoms with Crippen molar-refractivity contribution in [2.75, 3.05) is 7.05 Å². The Balaban J connectivity index is 2.51. The van der Waals surface area contributed by atoms with Crippen LogP contribution in [0.4, 0.5) is 4.79 Å². The Hall–Kier alpha value is -1.29. The first-order valence-electron chi connectivity index (χ1n) is 5.32. The Morgan fingerprint density at radius 3 is 2.59 bits per heavy atom. The zero-order chi connectivity index (χ0) is 13.1. The average molecular weight is 257 g/mol. The monoisotopic (exact) mass is 256 g/mol. The lowest BCUT2D eigenvalue weighted by Gasteiger charge is -2.30. The molecule has 0 fully saturated rings. The fourth-order valence-electron chi connectivity index (χ4n) is 1.01. The number of hydrogen-bond acceptors (Lipinski definition) is 3. The molecule has 17 heavy (non-hydrogen) atoms. The molecule has 0 bridgehead atoms. The Morgan fingerprint density at radius 2 is 2.12 bits per heavy atom. The lowest BCUT2D eigenvalue weighted by atomic mass is 10.1. The van der Waals surface area contributed by atoms with Crippen molar-refractivity contribution in [1.29, 1.82) is 0 Å². The second-order valence-electron chi connectivity index (χ2n) is 4.77. The first-order valence-corrected chi connectivity index (χ1v) is 5.69. The maximum atomic E-state index is 11.7. The molecule has 0 aliphatic heterocycles. The summed E-state index contributed by atoms with van der Waals surface area (Å²) in [6.45, 7) is 6.03. The van der Waals surface area contributed by atoms with E-state index in [0.29, 0.717) is 5.15 Å². The van der Waals surface area contributed by atoms with Gasteiger partial charge in [-0.15, -0.1) is 0 Å². The van der Waals surface area contributed by atoms with Crippen LogP contribution in [0.1, 0.15) is 26.3 Å². The summed E-state index contributed by atoms with van der Waals surface area (Å²) in [7, 11) is 1.71. The van der Waals surface area contributed by atoms with Gasteiger partial charge in [0, 0.05) is 24.3 Å². The predicted octanol–water partition coefficient (Wildman–Crippen LogP) is 3.10. The van der Waals surface area contributed by atoms with E-state index in [2.05, 4.69) is 4.98 Å². The molecule has 0 aliphatic carbocycles. The Morgan fingerprint density at radius 1 is 1.47 bits per heavy atom. The van der Waals surface area contributed by atoms with Crippen molar-refractivity contribution >= 4 is 17.7 Å². The van der Waals surface area contributed by atoms with E-state index < -0.39 is 0 Å². The summed E-state index contributed by atoms with van der Waals surface area (Å²) in [5.74, 6) is 0. The average Bonchev–Trinajstić information content (AvgIpc) is 2.25. The molecule has 1 amide bonds. The fourth-order valence-corrected chi connectivity index (χ4v) is 1.12. The number of carbonyl (C=O) groups excluding carboxylic acids is 1. The van der Waals surface area contributed by atoms with E-state index in [0.717, 1.165) is 5.56 Å².